The number of fused-ring (bicyclic) bond motifs is 1. The van der Waals surface area contributed by atoms with Gasteiger partial charge in [0.2, 0.25) is 0 Å². The van der Waals surface area contributed by atoms with Gasteiger partial charge in [0, 0.05) is 19.0 Å². The number of aliphatic hydroxyl groups is 1. The van der Waals surface area contributed by atoms with Crippen molar-refractivity contribution in [3.8, 4) is 6.07 Å². The number of aromatic nitrogens is 1. The van der Waals surface area contributed by atoms with Crippen molar-refractivity contribution in [3.05, 3.63) is 71.9 Å². The Kier molecular flexibility index (Phi) is 4.09. The summed E-state index contributed by atoms with van der Waals surface area (Å²) < 4.78 is 0. The number of β-amino-alcohol motifs (C(OH)–C–C–N with tert-alkyl or cyclic N) is 1. The zero-order chi connectivity index (χ0) is 17.2. The molecule has 3 aromatic rings. The second-order valence-corrected chi connectivity index (χ2v) is 6.51. The Morgan fingerprint density at radius 1 is 1.04 bits per heavy atom. The summed E-state index contributed by atoms with van der Waals surface area (Å²) in [4.78, 5) is 6.40. The number of piperidine rings is 1. The predicted octanol–water partition coefficient (Wildman–Crippen LogP) is 3.46. The standard InChI is InChI=1S/C21H19N3O/c22-13-18-6-3-7-21(23-18)24-11-10-19(20(25)14-24)17-9-8-15-4-1-2-5-16(15)12-17/h1-9,12,19-20,25H,10-11,14H2/t19-,20+/m0/s1. The van der Waals surface area contributed by atoms with Gasteiger partial charge < -0.3 is 10.0 Å². The first-order chi connectivity index (χ1) is 12.2. The predicted molar refractivity (Wildman–Crippen MR) is 98.5 cm³/mol. The van der Waals surface area contributed by atoms with Crippen LogP contribution in [0.25, 0.3) is 10.8 Å². The smallest absolute Gasteiger partial charge is 0.142 e. The van der Waals surface area contributed by atoms with Gasteiger partial charge in [0.25, 0.3) is 0 Å². The monoisotopic (exact) mass is 329 g/mol. The fraction of sp³-hybridized carbons (Fsp3) is 0.238. The molecule has 4 heteroatoms. The van der Waals surface area contributed by atoms with Crippen LogP contribution in [0.1, 0.15) is 23.6 Å². The number of anilines is 1. The molecule has 0 unspecified atom stereocenters. The van der Waals surface area contributed by atoms with Crippen LogP contribution >= 0.6 is 0 Å². The molecule has 2 aromatic carbocycles. The minimum Gasteiger partial charge on any atom is -0.391 e. The minimum atomic E-state index is -0.456. The van der Waals surface area contributed by atoms with Crippen molar-refractivity contribution < 1.29 is 5.11 Å². The van der Waals surface area contributed by atoms with Crippen LogP contribution in [-0.4, -0.2) is 29.3 Å². The van der Waals surface area contributed by atoms with Crippen molar-refractivity contribution in [1.29, 1.82) is 5.26 Å². The average Bonchev–Trinajstić information content (AvgIpc) is 2.67. The van der Waals surface area contributed by atoms with Crippen molar-refractivity contribution in [2.24, 2.45) is 0 Å². The lowest BCUT2D eigenvalue weighted by molar-refractivity contribution is 0.129. The minimum absolute atomic E-state index is 0.125. The van der Waals surface area contributed by atoms with E-state index in [1.54, 1.807) is 6.07 Å². The van der Waals surface area contributed by atoms with E-state index in [2.05, 4.69) is 46.3 Å². The zero-order valence-electron chi connectivity index (χ0n) is 13.8. The summed E-state index contributed by atoms with van der Waals surface area (Å²) in [7, 11) is 0. The van der Waals surface area contributed by atoms with Crippen molar-refractivity contribution in [1.82, 2.24) is 4.98 Å². The molecular weight excluding hydrogens is 310 g/mol. The molecule has 1 saturated heterocycles. The maximum absolute atomic E-state index is 10.7. The van der Waals surface area contributed by atoms with Gasteiger partial charge in [0.15, 0.2) is 0 Å². The van der Waals surface area contributed by atoms with Gasteiger partial charge in [-0.1, -0.05) is 48.5 Å². The third kappa shape index (κ3) is 3.07. The van der Waals surface area contributed by atoms with E-state index in [-0.39, 0.29) is 5.92 Å². The van der Waals surface area contributed by atoms with Crippen LogP contribution in [0.15, 0.2) is 60.7 Å². The third-order valence-corrected chi connectivity index (χ3v) is 4.96. The highest BCUT2D eigenvalue weighted by molar-refractivity contribution is 5.83. The van der Waals surface area contributed by atoms with E-state index in [1.807, 2.05) is 24.3 Å². The van der Waals surface area contributed by atoms with E-state index in [9.17, 15) is 5.11 Å². The Morgan fingerprint density at radius 3 is 2.68 bits per heavy atom. The second kappa shape index (κ2) is 6.54. The highest BCUT2D eigenvalue weighted by Crippen LogP contribution is 2.32. The van der Waals surface area contributed by atoms with E-state index >= 15 is 0 Å². The van der Waals surface area contributed by atoms with Crippen LogP contribution in [0.4, 0.5) is 5.82 Å². The molecule has 124 valence electrons. The fourth-order valence-corrected chi connectivity index (χ4v) is 3.63. The molecule has 4 nitrogen and oxygen atoms in total. The first-order valence-electron chi connectivity index (χ1n) is 8.53. The molecule has 4 rings (SSSR count). The molecule has 25 heavy (non-hydrogen) atoms. The molecule has 0 bridgehead atoms. The average molecular weight is 329 g/mol. The largest absolute Gasteiger partial charge is 0.391 e. The number of pyridine rings is 1. The van der Waals surface area contributed by atoms with Gasteiger partial charge in [0.1, 0.15) is 17.6 Å². The van der Waals surface area contributed by atoms with Crippen molar-refractivity contribution in [2.75, 3.05) is 18.0 Å². The molecule has 1 N–H and O–H groups in total. The van der Waals surface area contributed by atoms with E-state index in [4.69, 9.17) is 5.26 Å². The Bertz CT molecular complexity index is 947. The number of nitrogens with zero attached hydrogens (tertiary/aromatic N) is 3. The highest BCUT2D eigenvalue weighted by atomic mass is 16.3. The van der Waals surface area contributed by atoms with Crippen molar-refractivity contribution >= 4 is 16.6 Å². The van der Waals surface area contributed by atoms with Crippen LogP contribution in [0.2, 0.25) is 0 Å². The van der Waals surface area contributed by atoms with Crippen LogP contribution in [0, 0.1) is 11.3 Å². The number of rotatable bonds is 2. The van der Waals surface area contributed by atoms with Gasteiger partial charge >= 0.3 is 0 Å². The van der Waals surface area contributed by atoms with Crippen molar-refractivity contribution in [2.45, 2.75) is 18.4 Å². The lowest BCUT2D eigenvalue weighted by atomic mass is 9.86. The van der Waals surface area contributed by atoms with E-state index in [1.165, 1.54) is 16.3 Å². The van der Waals surface area contributed by atoms with Gasteiger partial charge in [-0.25, -0.2) is 4.98 Å². The summed E-state index contributed by atoms with van der Waals surface area (Å²) in [5.41, 5.74) is 1.59. The van der Waals surface area contributed by atoms with Gasteiger partial charge in [-0.2, -0.15) is 5.26 Å². The first-order valence-corrected chi connectivity index (χ1v) is 8.53. The molecule has 0 spiro atoms. The molecule has 2 heterocycles. The number of nitriles is 1. The Hall–Kier alpha value is -2.90. The molecular formula is C21H19N3O. The molecule has 0 aliphatic carbocycles. The quantitative estimate of drug-likeness (QED) is 0.782. The maximum atomic E-state index is 10.7. The van der Waals surface area contributed by atoms with Gasteiger partial charge in [-0.05, 0) is 34.9 Å². The Balaban J connectivity index is 1.55. The maximum Gasteiger partial charge on any atom is 0.142 e. The molecule has 2 atom stereocenters. The number of hydrogen-bond acceptors (Lipinski definition) is 4. The summed E-state index contributed by atoms with van der Waals surface area (Å²) in [5.74, 6) is 0.884. The molecule has 0 saturated carbocycles. The highest BCUT2D eigenvalue weighted by Gasteiger charge is 2.29. The van der Waals surface area contributed by atoms with E-state index < -0.39 is 6.10 Å². The SMILES string of the molecule is N#Cc1cccc(N2CC[C@@H](c3ccc4ccccc4c3)[C@H](O)C2)n1. The normalized spacial score (nSPS) is 20.4. The molecule has 1 aromatic heterocycles. The lowest BCUT2D eigenvalue weighted by Gasteiger charge is -2.37. The summed E-state index contributed by atoms with van der Waals surface area (Å²) in [6, 6.07) is 22.2. The van der Waals surface area contributed by atoms with Gasteiger partial charge in [0.05, 0.1) is 6.10 Å². The first kappa shape index (κ1) is 15.6. The zero-order valence-corrected chi connectivity index (χ0v) is 13.8. The van der Waals surface area contributed by atoms with Crippen LogP contribution in [0.5, 0.6) is 0 Å². The van der Waals surface area contributed by atoms with Crippen LogP contribution in [0.3, 0.4) is 0 Å². The number of aliphatic hydroxyl groups excluding tert-OH is 1. The summed E-state index contributed by atoms with van der Waals surface area (Å²) in [5, 5.41) is 22.2. The number of hydrogen-bond donors (Lipinski definition) is 1. The summed E-state index contributed by atoms with van der Waals surface area (Å²) in [6.07, 6.45) is 0.403. The molecule has 1 aliphatic heterocycles. The second-order valence-electron chi connectivity index (χ2n) is 6.51. The lowest BCUT2D eigenvalue weighted by Crippen LogP contribution is -2.43. The van der Waals surface area contributed by atoms with Crippen LogP contribution in [-0.2, 0) is 0 Å². The van der Waals surface area contributed by atoms with Gasteiger partial charge in [-0.15, -0.1) is 0 Å². The summed E-state index contributed by atoms with van der Waals surface area (Å²) >= 11 is 0. The summed E-state index contributed by atoms with van der Waals surface area (Å²) in [6.45, 7) is 1.34. The topological polar surface area (TPSA) is 60.2 Å². The molecule has 1 aliphatic rings. The number of benzene rings is 2. The Labute approximate surface area is 147 Å². The third-order valence-electron chi connectivity index (χ3n) is 4.96. The van der Waals surface area contributed by atoms with Crippen LogP contribution < -0.4 is 4.90 Å². The van der Waals surface area contributed by atoms with Gasteiger partial charge in [-0.3, -0.25) is 0 Å². The van der Waals surface area contributed by atoms with E-state index in [0.717, 1.165) is 18.8 Å². The van der Waals surface area contributed by atoms with Crippen molar-refractivity contribution in [3.63, 3.8) is 0 Å². The fourth-order valence-electron chi connectivity index (χ4n) is 3.63. The Morgan fingerprint density at radius 2 is 1.88 bits per heavy atom. The molecule has 0 radical (unpaired) electrons. The van der Waals surface area contributed by atoms with E-state index in [0.29, 0.717) is 12.2 Å². The molecule has 1 fully saturated rings. The molecule has 0 amide bonds.